The first-order valence-corrected chi connectivity index (χ1v) is 13.8. The predicted molar refractivity (Wildman–Crippen MR) is 153 cm³/mol. The zero-order chi connectivity index (χ0) is 26.3. The maximum absolute atomic E-state index is 13.6. The largest absolute Gasteiger partial charge is 0.493 e. The van der Waals surface area contributed by atoms with Gasteiger partial charge < -0.3 is 15.4 Å². The van der Waals surface area contributed by atoms with Gasteiger partial charge in [0.25, 0.3) is 5.91 Å². The number of carbonyl (C=O) groups is 1. The van der Waals surface area contributed by atoms with Crippen LogP contribution >= 0.6 is 11.8 Å². The third-order valence-electron chi connectivity index (χ3n) is 6.24. The Bertz CT molecular complexity index is 1400. The summed E-state index contributed by atoms with van der Waals surface area (Å²) in [7, 11) is 0. The number of hydrogen-bond acceptors (Lipinski definition) is 6. The quantitative estimate of drug-likeness (QED) is 0.236. The molecule has 0 aliphatic carbocycles. The second-order valence-electron chi connectivity index (χ2n) is 9.05. The van der Waals surface area contributed by atoms with Crippen molar-refractivity contribution in [3.05, 3.63) is 107 Å². The van der Waals surface area contributed by atoms with Crippen LogP contribution in [0, 0.1) is 0 Å². The molecule has 5 rings (SSSR count). The Morgan fingerprint density at radius 3 is 2.45 bits per heavy atom. The molecule has 1 unspecified atom stereocenters. The Morgan fingerprint density at radius 1 is 1.03 bits per heavy atom. The molecule has 0 spiro atoms. The minimum atomic E-state index is -0.434. The third-order valence-corrected chi connectivity index (χ3v) is 7.29. The molecule has 1 amide bonds. The van der Waals surface area contributed by atoms with Crippen LogP contribution in [0.3, 0.4) is 0 Å². The van der Waals surface area contributed by atoms with Crippen molar-refractivity contribution in [1.29, 1.82) is 0 Å². The van der Waals surface area contributed by atoms with Gasteiger partial charge in [-0.2, -0.15) is 4.98 Å². The number of anilines is 2. The molecule has 0 fully saturated rings. The summed E-state index contributed by atoms with van der Waals surface area (Å²) >= 11 is 1.61. The number of nitrogens with one attached hydrogen (secondary N) is 2. The van der Waals surface area contributed by atoms with Gasteiger partial charge in [0.15, 0.2) is 0 Å². The molecule has 0 radical (unpaired) electrons. The van der Waals surface area contributed by atoms with Crippen LogP contribution < -0.4 is 15.4 Å². The van der Waals surface area contributed by atoms with Crippen molar-refractivity contribution in [3.63, 3.8) is 0 Å². The topological polar surface area (TPSA) is 81.1 Å². The molecule has 7 nitrogen and oxygen atoms in total. The molecule has 1 aliphatic rings. The van der Waals surface area contributed by atoms with E-state index in [0.717, 1.165) is 41.3 Å². The highest BCUT2D eigenvalue weighted by Crippen LogP contribution is 2.37. The molecule has 0 bridgehead atoms. The van der Waals surface area contributed by atoms with Gasteiger partial charge in [0.2, 0.25) is 11.1 Å². The van der Waals surface area contributed by atoms with Crippen LogP contribution in [0.25, 0.3) is 0 Å². The van der Waals surface area contributed by atoms with Crippen molar-refractivity contribution < 1.29 is 9.53 Å². The molecular formula is C30H31N5O2S. The van der Waals surface area contributed by atoms with E-state index in [1.54, 1.807) is 11.8 Å². The lowest BCUT2D eigenvalue weighted by atomic mass is 9.95. The summed E-state index contributed by atoms with van der Waals surface area (Å²) in [5.74, 6) is 2.16. The van der Waals surface area contributed by atoms with Crippen LogP contribution in [-0.2, 0) is 11.2 Å². The van der Waals surface area contributed by atoms with Crippen LogP contribution in [0.4, 0.5) is 11.6 Å². The SMILES string of the molecule is CCCSc1nc2n(n1)C(c1ccc(OCCc3ccccc3)cc1)C(C(=O)Nc1ccccc1)=C(C)N2. The fourth-order valence-electron chi connectivity index (χ4n) is 4.39. The van der Waals surface area contributed by atoms with Gasteiger partial charge in [-0.1, -0.05) is 79.3 Å². The lowest BCUT2D eigenvalue weighted by Crippen LogP contribution is -2.31. The minimum absolute atomic E-state index is 0.182. The van der Waals surface area contributed by atoms with Crippen LogP contribution in [0.15, 0.2) is 101 Å². The molecule has 194 valence electrons. The number of para-hydroxylation sites is 1. The number of thioether (sulfide) groups is 1. The standard InChI is InChI=1S/C30H31N5O2S/c1-3-20-38-30-33-29-31-21(2)26(28(36)32-24-12-8-5-9-13-24)27(35(29)34-30)23-14-16-25(17-15-23)37-19-18-22-10-6-4-7-11-22/h4-17,27H,3,18-20H2,1-2H3,(H,32,36)(H,31,33,34). The van der Waals surface area contributed by atoms with Crippen molar-refractivity contribution in [2.45, 2.75) is 37.9 Å². The number of rotatable bonds is 10. The average Bonchev–Trinajstić information content (AvgIpc) is 3.35. The number of hydrogen-bond donors (Lipinski definition) is 2. The van der Waals surface area contributed by atoms with Gasteiger partial charge in [-0.25, -0.2) is 4.68 Å². The van der Waals surface area contributed by atoms with E-state index in [0.29, 0.717) is 23.3 Å². The molecule has 4 aromatic rings. The number of amides is 1. The lowest BCUT2D eigenvalue weighted by Gasteiger charge is -2.28. The zero-order valence-corrected chi connectivity index (χ0v) is 22.4. The van der Waals surface area contributed by atoms with Crippen molar-refractivity contribution in [3.8, 4) is 5.75 Å². The molecule has 1 atom stereocenters. The fourth-order valence-corrected chi connectivity index (χ4v) is 5.07. The Labute approximate surface area is 227 Å². The zero-order valence-electron chi connectivity index (χ0n) is 21.6. The molecule has 8 heteroatoms. The highest BCUT2D eigenvalue weighted by Gasteiger charge is 2.34. The normalized spacial score (nSPS) is 14.5. The highest BCUT2D eigenvalue weighted by molar-refractivity contribution is 7.99. The van der Waals surface area contributed by atoms with E-state index in [-0.39, 0.29) is 5.91 Å². The summed E-state index contributed by atoms with van der Waals surface area (Å²) in [6.45, 7) is 4.63. The van der Waals surface area contributed by atoms with E-state index in [2.05, 4.69) is 29.7 Å². The van der Waals surface area contributed by atoms with Crippen molar-refractivity contribution in [1.82, 2.24) is 14.8 Å². The maximum atomic E-state index is 13.6. The maximum Gasteiger partial charge on any atom is 0.255 e. The number of benzene rings is 3. The van der Waals surface area contributed by atoms with Crippen LogP contribution in [-0.4, -0.2) is 33.0 Å². The summed E-state index contributed by atoms with van der Waals surface area (Å²) in [5.41, 5.74) is 4.25. The van der Waals surface area contributed by atoms with Crippen molar-refractivity contribution in [2.75, 3.05) is 23.0 Å². The Kier molecular flexibility index (Phi) is 8.09. The first-order chi connectivity index (χ1) is 18.6. The molecule has 0 saturated carbocycles. The van der Waals surface area contributed by atoms with E-state index >= 15 is 0 Å². The molecule has 1 aromatic heterocycles. The summed E-state index contributed by atoms with van der Waals surface area (Å²) < 4.78 is 7.82. The first-order valence-electron chi connectivity index (χ1n) is 12.8. The minimum Gasteiger partial charge on any atom is -0.493 e. The van der Waals surface area contributed by atoms with Crippen molar-refractivity contribution in [2.24, 2.45) is 0 Å². The van der Waals surface area contributed by atoms with Crippen molar-refractivity contribution >= 4 is 29.3 Å². The molecule has 3 aromatic carbocycles. The summed E-state index contributed by atoms with van der Waals surface area (Å²) in [5, 5.41) is 11.8. The average molecular weight is 526 g/mol. The monoisotopic (exact) mass is 525 g/mol. The summed E-state index contributed by atoms with van der Waals surface area (Å²) in [4.78, 5) is 18.3. The van der Waals surface area contributed by atoms with Crippen LogP contribution in [0.5, 0.6) is 5.75 Å². The lowest BCUT2D eigenvalue weighted by molar-refractivity contribution is -0.113. The molecule has 2 heterocycles. The molecule has 1 aliphatic heterocycles. The number of fused-ring (bicyclic) bond motifs is 1. The number of nitrogens with zero attached hydrogens (tertiary/aromatic N) is 3. The van der Waals surface area contributed by atoms with E-state index in [4.69, 9.17) is 14.8 Å². The molecule has 38 heavy (non-hydrogen) atoms. The van der Waals surface area contributed by atoms with Gasteiger partial charge >= 0.3 is 0 Å². The predicted octanol–water partition coefficient (Wildman–Crippen LogP) is 6.33. The van der Waals surface area contributed by atoms with E-state index in [1.807, 2.05) is 84.4 Å². The number of allylic oxidation sites excluding steroid dienone is 1. The summed E-state index contributed by atoms with van der Waals surface area (Å²) in [6.07, 6.45) is 1.86. The fraction of sp³-hybridized carbons (Fsp3) is 0.233. The van der Waals surface area contributed by atoms with Gasteiger partial charge in [-0.3, -0.25) is 4.79 Å². The Hall–Kier alpha value is -4.04. The second-order valence-corrected chi connectivity index (χ2v) is 10.1. The summed E-state index contributed by atoms with van der Waals surface area (Å²) in [6, 6.07) is 27.2. The smallest absolute Gasteiger partial charge is 0.255 e. The molecule has 0 saturated heterocycles. The number of aromatic nitrogens is 3. The van der Waals surface area contributed by atoms with E-state index in [1.165, 1.54) is 5.56 Å². The first kappa shape index (κ1) is 25.6. The van der Waals surface area contributed by atoms with E-state index < -0.39 is 6.04 Å². The van der Waals surface area contributed by atoms with Gasteiger partial charge in [0.05, 0.1) is 12.2 Å². The van der Waals surface area contributed by atoms with Gasteiger partial charge in [0, 0.05) is 23.6 Å². The Morgan fingerprint density at radius 2 is 1.74 bits per heavy atom. The third kappa shape index (κ3) is 5.92. The number of ether oxygens (including phenoxy) is 1. The van der Waals surface area contributed by atoms with Gasteiger partial charge in [-0.05, 0) is 48.7 Å². The number of carbonyl (C=O) groups excluding carboxylic acids is 1. The van der Waals surface area contributed by atoms with Crippen LogP contribution in [0.1, 0.15) is 37.4 Å². The Balaban J connectivity index is 1.41. The second kappa shape index (κ2) is 12.0. The van der Waals surface area contributed by atoms with Crippen LogP contribution in [0.2, 0.25) is 0 Å². The molecular weight excluding hydrogens is 494 g/mol. The molecule has 2 N–H and O–H groups in total. The van der Waals surface area contributed by atoms with Gasteiger partial charge in [-0.15, -0.1) is 5.10 Å². The van der Waals surface area contributed by atoms with E-state index in [9.17, 15) is 4.79 Å². The van der Waals surface area contributed by atoms with Gasteiger partial charge in [0.1, 0.15) is 11.8 Å². The highest BCUT2D eigenvalue weighted by atomic mass is 32.2.